The van der Waals surface area contributed by atoms with Crippen LogP contribution in [-0.4, -0.2) is 25.2 Å². The van der Waals surface area contributed by atoms with Crippen molar-refractivity contribution < 1.29 is 4.79 Å². The fourth-order valence-electron chi connectivity index (χ4n) is 3.12. The molecule has 0 bridgehead atoms. The molecule has 1 N–H and O–H groups in total. The molecule has 4 rings (SSSR count). The minimum absolute atomic E-state index is 0.136. The Bertz CT molecular complexity index is 1230. The van der Waals surface area contributed by atoms with Gasteiger partial charge in [0.1, 0.15) is 18.3 Å². The summed E-state index contributed by atoms with van der Waals surface area (Å²) in [6.07, 6.45) is 2.84. The van der Waals surface area contributed by atoms with Crippen LogP contribution in [0.4, 0.5) is 0 Å². The van der Waals surface area contributed by atoms with Gasteiger partial charge < -0.3 is 5.32 Å². The Balaban J connectivity index is 1.55. The average Bonchev–Trinajstić information content (AvgIpc) is 3.15. The molecule has 0 unspecified atom stereocenters. The van der Waals surface area contributed by atoms with E-state index < -0.39 is 0 Å². The number of aromatic nitrogens is 4. The van der Waals surface area contributed by atoms with Gasteiger partial charge in [-0.2, -0.15) is 5.10 Å². The summed E-state index contributed by atoms with van der Waals surface area (Å²) in [6, 6.07) is 16.5. The summed E-state index contributed by atoms with van der Waals surface area (Å²) in [5.41, 5.74) is 1.82. The van der Waals surface area contributed by atoms with Gasteiger partial charge >= 0.3 is 0 Å². The summed E-state index contributed by atoms with van der Waals surface area (Å²) in [6.45, 7) is 1.72. The number of amides is 1. The highest BCUT2D eigenvalue weighted by molar-refractivity contribution is 6.30. The third-order valence-corrected chi connectivity index (χ3v) is 4.83. The Labute approximate surface area is 171 Å². The zero-order valence-corrected chi connectivity index (χ0v) is 16.4. The van der Waals surface area contributed by atoms with Crippen molar-refractivity contribution in [2.24, 2.45) is 0 Å². The number of hydrogen-bond donors (Lipinski definition) is 1. The van der Waals surface area contributed by atoms with Gasteiger partial charge in [-0.15, -0.1) is 0 Å². The van der Waals surface area contributed by atoms with Gasteiger partial charge in [-0.05, 0) is 36.8 Å². The summed E-state index contributed by atoms with van der Waals surface area (Å²) in [5, 5.41) is 8.10. The first-order valence-electron chi connectivity index (χ1n) is 9.06. The van der Waals surface area contributed by atoms with Crippen molar-refractivity contribution in [3.8, 4) is 5.69 Å². The number of halogens is 1. The zero-order chi connectivity index (χ0) is 20.4. The minimum atomic E-state index is -0.317. The second-order valence-electron chi connectivity index (χ2n) is 6.65. The van der Waals surface area contributed by atoms with E-state index in [0.29, 0.717) is 16.1 Å². The van der Waals surface area contributed by atoms with E-state index in [0.717, 1.165) is 11.3 Å². The Kier molecular flexibility index (Phi) is 5.14. The number of carbonyl (C=O) groups is 1. The van der Waals surface area contributed by atoms with Crippen LogP contribution in [0, 0.1) is 0 Å². The van der Waals surface area contributed by atoms with Crippen molar-refractivity contribution in [3.05, 3.63) is 88.1 Å². The van der Waals surface area contributed by atoms with E-state index in [9.17, 15) is 9.59 Å². The van der Waals surface area contributed by atoms with Crippen molar-refractivity contribution in [1.29, 1.82) is 0 Å². The standard InChI is InChI=1S/C21H18ClN5O2/c1-14(15-6-5-7-16(22)10-15)25-19(28)12-26-13-23-20-18(21(26)29)11-24-27(20)17-8-3-2-4-9-17/h2-11,13-14H,12H2,1H3,(H,25,28)/t14-/m0/s1. The number of nitrogens with one attached hydrogen (secondary N) is 1. The van der Waals surface area contributed by atoms with Gasteiger partial charge in [0.2, 0.25) is 5.91 Å². The van der Waals surface area contributed by atoms with Crippen molar-refractivity contribution >= 4 is 28.5 Å². The molecule has 2 heterocycles. The van der Waals surface area contributed by atoms with Crippen LogP contribution in [0.2, 0.25) is 5.02 Å². The van der Waals surface area contributed by atoms with Gasteiger partial charge in [0, 0.05) is 5.02 Å². The van der Waals surface area contributed by atoms with Crippen LogP contribution in [0.15, 0.2) is 71.9 Å². The summed E-state index contributed by atoms with van der Waals surface area (Å²) in [7, 11) is 0. The Morgan fingerprint density at radius 1 is 1.17 bits per heavy atom. The molecule has 1 atom stereocenters. The Morgan fingerprint density at radius 2 is 1.97 bits per heavy atom. The summed E-state index contributed by atoms with van der Waals surface area (Å²) in [5.74, 6) is -0.295. The van der Waals surface area contributed by atoms with E-state index in [2.05, 4.69) is 15.4 Å². The van der Waals surface area contributed by atoms with E-state index >= 15 is 0 Å². The topological polar surface area (TPSA) is 81.8 Å². The lowest BCUT2D eigenvalue weighted by molar-refractivity contribution is -0.122. The first kappa shape index (κ1) is 18.9. The molecule has 0 aliphatic carbocycles. The molecule has 0 saturated carbocycles. The highest BCUT2D eigenvalue weighted by Crippen LogP contribution is 2.17. The van der Waals surface area contributed by atoms with Crippen LogP contribution < -0.4 is 10.9 Å². The molecule has 0 aliphatic heterocycles. The van der Waals surface area contributed by atoms with Crippen LogP contribution in [-0.2, 0) is 11.3 Å². The first-order valence-corrected chi connectivity index (χ1v) is 9.44. The molecule has 0 spiro atoms. The highest BCUT2D eigenvalue weighted by atomic mass is 35.5. The third-order valence-electron chi connectivity index (χ3n) is 4.60. The predicted octanol–water partition coefficient (Wildman–Crippen LogP) is 3.11. The summed E-state index contributed by atoms with van der Waals surface area (Å²) in [4.78, 5) is 29.6. The third kappa shape index (κ3) is 3.90. The highest BCUT2D eigenvalue weighted by Gasteiger charge is 2.15. The van der Waals surface area contributed by atoms with E-state index in [1.54, 1.807) is 16.8 Å². The quantitative estimate of drug-likeness (QED) is 0.551. The molecule has 0 aliphatic rings. The molecule has 29 heavy (non-hydrogen) atoms. The maximum atomic E-state index is 12.8. The second kappa shape index (κ2) is 7.89. The SMILES string of the molecule is C[C@H](NC(=O)Cn1cnc2c(cnn2-c2ccccc2)c1=O)c1cccc(Cl)c1. The smallest absolute Gasteiger partial charge is 0.264 e. The molecule has 0 fully saturated rings. The lowest BCUT2D eigenvalue weighted by Gasteiger charge is -2.15. The maximum absolute atomic E-state index is 12.8. The van der Waals surface area contributed by atoms with Crippen LogP contribution >= 0.6 is 11.6 Å². The molecule has 7 nitrogen and oxygen atoms in total. The minimum Gasteiger partial charge on any atom is -0.348 e. The number of nitrogens with zero attached hydrogens (tertiary/aromatic N) is 4. The average molecular weight is 408 g/mol. The Hall–Kier alpha value is -3.45. The molecular weight excluding hydrogens is 390 g/mol. The number of hydrogen-bond acceptors (Lipinski definition) is 4. The van der Waals surface area contributed by atoms with Crippen LogP contribution in [0.5, 0.6) is 0 Å². The number of benzene rings is 2. The van der Waals surface area contributed by atoms with Gasteiger partial charge in [0.25, 0.3) is 5.56 Å². The number of carbonyl (C=O) groups excluding carboxylic acids is 1. The predicted molar refractivity (Wildman–Crippen MR) is 111 cm³/mol. The Morgan fingerprint density at radius 3 is 2.72 bits per heavy atom. The van der Waals surface area contributed by atoms with Crippen molar-refractivity contribution in [2.45, 2.75) is 19.5 Å². The van der Waals surface area contributed by atoms with E-state index in [4.69, 9.17) is 11.6 Å². The van der Waals surface area contributed by atoms with Gasteiger partial charge in [-0.25, -0.2) is 9.67 Å². The zero-order valence-electron chi connectivity index (χ0n) is 15.6. The van der Waals surface area contributed by atoms with Gasteiger partial charge in [0.15, 0.2) is 5.65 Å². The number of rotatable bonds is 5. The fourth-order valence-corrected chi connectivity index (χ4v) is 3.32. The van der Waals surface area contributed by atoms with E-state index in [1.165, 1.54) is 17.1 Å². The lowest BCUT2D eigenvalue weighted by Crippen LogP contribution is -2.33. The number of fused-ring (bicyclic) bond motifs is 1. The van der Waals surface area contributed by atoms with Gasteiger partial charge in [0.05, 0.1) is 17.9 Å². The van der Waals surface area contributed by atoms with Gasteiger partial charge in [-0.1, -0.05) is 41.9 Å². The second-order valence-corrected chi connectivity index (χ2v) is 7.09. The molecule has 0 saturated heterocycles. The summed E-state index contributed by atoms with van der Waals surface area (Å²) < 4.78 is 2.88. The van der Waals surface area contributed by atoms with Gasteiger partial charge in [-0.3, -0.25) is 14.2 Å². The first-order chi connectivity index (χ1) is 14.0. The van der Waals surface area contributed by atoms with Crippen molar-refractivity contribution in [2.75, 3.05) is 0 Å². The normalized spacial score (nSPS) is 12.1. The molecular formula is C21H18ClN5O2. The van der Waals surface area contributed by atoms with Crippen molar-refractivity contribution in [3.63, 3.8) is 0 Å². The van der Waals surface area contributed by atoms with Crippen LogP contribution in [0.25, 0.3) is 16.7 Å². The molecule has 1 amide bonds. The molecule has 146 valence electrons. The molecule has 2 aromatic heterocycles. The van der Waals surface area contributed by atoms with Crippen LogP contribution in [0.3, 0.4) is 0 Å². The van der Waals surface area contributed by atoms with E-state index in [1.807, 2.05) is 49.4 Å². The maximum Gasteiger partial charge on any atom is 0.264 e. The fraction of sp³-hybridized carbons (Fsp3) is 0.143. The number of para-hydroxylation sites is 1. The van der Waals surface area contributed by atoms with Crippen LogP contribution in [0.1, 0.15) is 18.5 Å². The molecule has 4 aromatic rings. The molecule has 0 radical (unpaired) electrons. The molecule has 2 aromatic carbocycles. The largest absolute Gasteiger partial charge is 0.348 e. The van der Waals surface area contributed by atoms with E-state index in [-0.39, 0.29) is 24.1 Å². The summed E-state index contributed by atoms with van der Waals surface area (Å²) >= 11 is 6.00. The van der Waals surface area contributed by atoms with Crippen molar-refractivity contribution in [1.82, 2.24) is 24.6 Å². The lowest BCUT2D eigenvalue weighted by atomic mass is 10.1. The molecule has 8 heteroatoms. The monoisotopic (exact) mass is 407 g/mol.